The Hall–Kier alpha value is -3.74. The minimum Gasteiger partial charge on any atom is -0.381 e. The maximum atomic E-state index is 5.01. The largest absolute Gasteiger partial charge is 0.381 e. The number of hydrogen-bond acceptors (Lipinski definition) is 6. The van der Waals surface area contributed by atoms with Crippen LogP contribution in [-0.4, -0.2) is 66.1 Å². The van der Waals surface area contributed by atoms with Crippen LogP contribution in [0.1, 0.15) is 59.9 Å². The molecule has 2 N–H and O–H groups in total. The molecule has 0 amide bonds. The second kappa shape index (κ2) is 13.1. The maximum Gasteiger partial charge on any atom is 0.223 e. The molecule has 6 nitrogen and oxygen atoms in total. The summed E-state index contributed by atoms with van der Waals surface area (Å²) in [4.78, 5) is 14.7. The fraction of sp³-hybridized carbons (Fsp3) is 0.389. The highest BCUT2D eigenvalue weighted by molar-refractivity contribution is 5.72. The molecule has 218 valence electrons. The summed E-state index contributed by atoms with van der Waals surface area (Å²) in [6.45, 7) is 11.9. The molecule has 0 radical (unpaired) electrons. The topological polar surface area (TPSA) is 56.3 Å². The lowest BCUT2D eigenvalue weighted by Crippen LogP contribution is -2.44. The summed E-state index contributed by atoms with van der Waals surface area (Å²) in [7, 11) is 2.20. The lowest BCUT2D eigenvalue weighted by molar-refractivity contribution is 0.154. The number of piperazine rings is 1. The number of likely N-dealkylation sites (N-methyl/N-ethyl adjacent to an activating group) is 1. The maximum absolute atomic E-state index is 5.01. The van der Waals surface area contributed by atoms with Crippen LogP contribution in [0.3, 0.4) is 0 Å². The van der Waals surface area contributed by atoms with Crippen LogP contribution in [0.2, 0.25) is 0 Å². The molecule has 6 heteroatoms. The van der Waals surface area contributed by atoms with Gasteiger partial charge in [0, 0.05) is 62.6 Å². The van der Waals surface area contributed by atoms with E-state index in [4.69, 9.17) is 9.97 Å². The quantitative estimate of drug-likeness (QED) is 0.213. The average Bonchev–Trinajstić information content (AvgIpc) is 3.03. The van der Waals surface area contributed by atoms with Gasteiger partial charge in [-0.15, -0.1) is 0 Å². The Kier molecular flexibility index (Phi) is 8.82. The Morgan fingerprint density at radius 2 is 1.64 bits per heavy atom. The van der Waals surface area contributed by atoms with Gasteiger partial charge in [0.25, 0.3) is 0 Å². The van der Waals surface area contributed by atoms with Crippen molar-refractivity contribution in [3.63, 3.8) is 0 Å². The highest BCUT2D eigenvalue weighted by Crippen LogP contribution is 2.42. The summed E-state index contributed by atoms with van der Waals surface area (Å²) in [5.41, 5.74) is 9.99. The molecule has 1 unspecified atom stereocenters. The molecule has 3 aromatic carbocycles. The first kappa shape index (κ1) is 28.4. The minimum atomic E-state index is 0.289. The van der Waals surface area contributed by atoms with Crippen molar-refractivity contribution in [3.05, 3.63) is 107 Å². The first-order chi connectivity index (χ1) is 20.5. The Bertz CT molecular complexity index is 1460. The van der Waals surface area contributed by atoms with Crippen LogP contribution in [-0.2, 0) is 13.0 Å². The number of benzene rings is 3. The zero-order chi connectivity index (χ0) is 28.9. The van der Waals surface area contributed by atoms with Crippen LogP contribution in [0.25, 0.3) is 11.3 Å². The summed E-state index contributed by atoms with van der Waals surface area (Å²) in [6.07, 6.45) is 4.04. The molecule has 6 rings (SSSR count). The van der Waals surface area contributed by atoms with Crippen molar-refractivity contribution in [2.45, 2.75) is 45.1 Å². The Morgan fingerprint density at radius 3 is 2.40 bits per heavy atom. The van der Waals surface area contributed by atoms with Gasteiger partial charge in [0.1, 0.15) is 0 Å². The van der Waals surface area contributed by atoms with Crippen LogP contribution in [0.4, 0.5) is 11.6 Å². The van der Waals surface area contributed by atoms with E-state index in [9.17, 15) is 0 Å². The molecule has 1 atom stereocenters. The van der Waals surface area contributed by atoms with Crippen molar-refractivity contribution in [2.75, 3.05) is 56.9 Å². The zero-order valence-corrected chi connectivity index (χ0v) is 25.3. The van der Waals surface area contributed by atoms with Gasteiger partial charge in [-0.2, -0.15) is 0 Å². The summed E-state index contributed by atoms with van der Waals surface area (Å²) in [5.74, 6) is 1.58. The molecule has 1 fully saturated rings. The molecular formula is C36H44N6. The molecule has 0 saturated carbocycles. The fourth-order valence-corrected chi connectivity index (χ4v) is 6.15. The van der Waals surface area contributed by atoms with Crippen LogP contribution >= 0.6 is 0 Å². The molecule has 1 saturated heterocycles. The summed E-state index contributed by atoms with van der Waals surface area (Å²) >= 11 is 0. The SMILES string of the molecule is CC(C)c1ccc(CNc2ccc(C3Cc4cnc(NCCCN5CCN(C)CC5)nc4-c4ccccc43)cc2)cc1. The smallest absolute Gasteiger partial charge is 0.223 e. The van der Waals surface area contributed by atoms with Gasteiger partial charge in [0.2, 0.25) is 5.95 Å². The number of anilines is 2. The van der Waals surface area contributed by atoms with Crippen molar-refractivity contribution >= 4 is 11.6 Å². The van der Waals surface area contributed by atoms with Gasteiger partial charge in [0.15, 0.2) is 0 Å². The normalized spacial score (nSPS) is 17.1. The van der Waals surface area contributed by atoms with Gasteiger partial charge in [-0.1, -0.05) is 74.5 Å². The number of nitrogens with one attached hydrogen (secondary N) is 2. The first-order valence-electron chi connectivity index (χ1n) is 15.6. The van der Waals surface area contributed by atoms with Crippen LogP contribution in [0.5, 0.6) is 0 Å². The van der Waals surface area contributed by atoms with Crippen molar-refractivity contribution in [1.29, 1.82) is 0 Å². The predicted molar refractivity (Wildman–Crippen MR) is 174 cm³/mol. The van der Waals surface area contributed by atoms with Crippen molar-refractivity contribution in [2.24, 2.45) is 0 Å². The molecule has 4 aromatic rings. The number of nitrogens with zero attached hydrogens (tertiary/aromatic N) is 4. The summed E-state index contributed by atoms with van der Waals surface area (Å²) < 4.78 is 0. The van der Waals surface area contributed by atoms with E-state index in [2.05, 4.69) is 114 Å². The second-order valence-corrected chi connectivity index (χ2v) is 12.2. The van der Waals surface area contributed by atoms with E-state index >= 15 is 0 Å². The highest BCUT2D eigenvalue weighted by Gasteiger charge is 2.27. The van der Waals surface area contributed by atoms with E-state index < -0.39 is 0 Å². The molecule has 1 aliphatic carbocycles. The molecule has 0 bridgehead atoms. The Balaban J connectivity index is 1.09. The van der Waals surface area contributed by atoms with Gasteiger partial charge in [0.05, 0.1) is 5.69 Å². The highest BCUT2D eigenvalue weighted by atomic mass is 15.2. The summed E-state index contributed by atoms with van der Waals surface area (Å²) in [6, 6.07) is 26.6. The van der Waals surface area contributed by atoms with E-state index in [1.54, 1.807) is 0 Å². The van der Waals surface area contributed by atoms with Gasteiger partial charge in [-0.05, 0) is 72.3 Å². The predicted octanol–water partition coefficient (Wildman–Crippen LogP) is 6.62. The molecule has 2 aliphatic rings. The second-order valence-electron chi connectivity index (χ2n) is 12.2. The van der Waals surface area contributed by atoms with Gasteiger partial charge < -0.3 is 20.4 Å². The van der Waals surface area contributed by atoms with Crippen LogP contribution < -0.4 is 10.6 Å². The van der Waals surface area contributed by atoms with Crippen LogP contribution in [0, 0.1) is 0 Å². The van der Waals surface area contributed by atoms with Crippen molar-refractivity contribution in [1.82, 2.24) is 19.8 Å². The zero-order valence-electron chi connectivity index (χ0n) is 25.3. The number of aromatic nitrogens is 2. The molecule has 1 aromatic heterocycles. The van der Waals surface area contributed by atoms with E-state index in [-0.39, 0.29) is 5.92 Å². The Labute approximate surface area is 251 Å². The Morgan fingerprint density at radius 1 is 0.881 bits per heavy atom. The number of rotatable bonds is 10. The summed E-state index contributed by atoms with van der Waals surface area (Å²) in [5, 5.41) is 7.08. The van der Waals surface area contributed by atoms with E-state index in [0.717, 1.165) is 76.0 Å². The third-order valence-corrected chi connectivity index (χ3v) is 8.87. The van der Waals surface area contributed by atoms with Crippen LogP contribution in [0.15, 0.2) is 79.0 Å². The minimum absolute atomic E-state index is 0.289. The lowest BCUT2D eigenvalue weighted by atomic mass is 9.78. The van der Waals surface area contributed by atoms with E-state index in [1.807, 2.05) is 6.20 Å². The van der Waals surface area contributed by atoms with Crippen molar-refractivity contribution in [3.8, 4) is 11.3 Å². The fourth-order valence-electron chi connectivity index (χ4n) is 6.15. The molecule has 0 spiro atoms. The van der Waals surface area contributed by atoms with Crippen molar-refractivity contribution < 1.29 is 0 Å². The standard InChI is InChI=1S/C36H44N6/c1-26(2)28-11-9-27(10-12-28)24-38-31-15-13-29(14-16-31)34-23-30-25-39-36(40-35(30)33-8-5-4-7-32(33)34)37-17-6-18-42-21-19-41(3)20-22-42/h4-5,7-16,25-26,34,38H,6,17-24H2,1-3H3,(H,37,39,40). The number of fused-ring (bicyclic) bond motifs is 3. The third-order valence-electron chi connectivity index (χ3n) is 8.87. The molecular weight excluding hydrogens is 516 g/mol. The molecule has 1 aliphatic heterocycles. The van der Waals surface area contributed by atoms with Gasteiger partial charge in [-0.3, -0.25) is 0 Å². The van der Waals surface area contributed by atoms with Gasteiger partial charge in [-0.25, -0.2) is 9.97 Å². The van der Waals surface area contributed by atoms with E-state index in [1.165, 1.54) is 33.4 Å². The monoisotopic (exact) mass is 560 g/mol. The average molecular weight is 561 g/mol. The molecule has 42 heavy (non-hydrogen) atoms. The molecule has 2 heterocycles. The van der Waals surface area contributed by atoms with Gasteiger partial charge >= 0.3 is 0 Å². The number of hydrogen-bond donors (Lipinski definition) is 2. The van der Waals surface area contributed by atoms with E-state index in [0.29, 0.717) is 5.92 Å². The third kappa shape index (κ3) is 6.66. The first-order valence-corrected chi connectivity index (χ1v) is 15.6. The lowest BCUT2D eigenvalue weighted by Gasteiger charge is -2.32.